The van der Waals surface area contributed by atoms with E-state index in [0.29, 0.717) is 18.8 Å². The van der Waals surface area contributed by atoms with Crippen LogP contribution in [0.5, 0.6) is 0 Å². The highest BCUT2D eigenvalue weighted by Gasteiger charge is 2.65. The number of hydrogen-bond donors (Lipinski definition) is 0. The van der Waals surface area contributed by atoms with Crippen LogP contribution in [0.2, 0.25) is 0 Å². The molecular weight excluding hydrogens is 274 g/mol. The molecule has 22 heavy (non-hydrogen) atoms. The third kappa shape index (κ3) is 2.56. The van der Waals surface area contributed by atoms with Gasteiger partial charge in [0.2, 0.25) is 0 Å². The Morgan fingerprint density at radius 1 is 1.09 bits per heavy atom. The average Bonchev–Trinajstić information content (AvgIpc) is 3.29. The fourth-order valence-electron chi connectivity index (χ4n) is 3.27. The molecule has 1 saturated carbocycles. The number of benzene rings is 2. The number of rotatable bonds is 5. The molecule has 2 fully saturated rings. The van der Waals surface area contributed by atoms with Gasteiger partial charge in [0.05, 0.1) is 18.8 Å². The topological polar surface area (TPSA) is 24.8 Å². The molecule has 3 heteroatoms. The lowest BCUT2D eigenvalue weighted by Crippen LogP contribution is -2.42. The first-order valence-corrected chi connectivity index (χ1v) is 7.96. The summed E-state index contributed by atoms with van der Waals surface area (Å²) in [6.45, 7) is 2.89. The van der Waals surface area contributed by atoms with E-state index >= 15 is 0 Å². The SMILES string of the molecule is CC(c1ccccc1)N1OC12CC(OCc1ccccc1)C2. The van der Waals surface area contributed by atoms with E-state index in [9.17, 15) is 0 Å². The van der Waals surface area contributed by atoms with Crippen LogP contribution in [0, 0.1) is 0 Å². The molecule has 0 amide bonds. The molecule has 4 rings (SSSR count). The van der Waals surface area contributed by atoms with E-state index in [2.05, 4.69) is 48.4 Å². The molecule has 1 saturated heterocycles. The van der Waals surface area contributed by atoms with E-state index in [1.807, 2.05) is 24.3 Å². The van der Waals surface area contributed by atoms with Gasteiger partial charge in [0.15, 0.2) is 5.72 Å². The van der Waals surface area contributed by atoms with Crippen molar-refractivity contribution in [3.8, 4) is 0 Å². The van der Waals surface area contributed by atoms with Gasteiger partial charge in [0.25, 0.3) is 0 Å². The van der Waals surface area contributed by atoms with Crippen LogP contribution in [0.1, 0.15) is 36.9 Å². The van der Waals surface area contributed by atoms with Crippen LogP contribution in [-0.2, 0) is 16.2 Å². The van der Waals surface area contributed by atoms with Gasteiger partial charge >= 0.3 is 0 Å². The van der Waals surface area contributed by atoms with Gasteiger partial charge in [-0.05, 0) is 18.1 Å². The molecular formula is C19H21NO2. The van der Waals surface area contributed by atoms with Gasteiger partial charge in [-0.25, -0.2) is 0 Å². The van der Waals surface area contributed by atoms with Gasteiger partial charge in [-0.2, -0.15) is 0 Å². The number of ether oxygens (including phenoxy) is 1. The normalized spacial score (nSPS) is 30.8. The Balaban J connectivity index is 1.28. The Labute approximate surface area is 131 Å². The molecule has 1 spiro atoms. The fraction of sp³-hybridized carbons (Fsp3) is 0.368. The summed E-state index contributed by atoms with van der Waals surface area (Å²) in [4.78, 5) is 5.89. The standard InChI is InChI=1S/C19H21NO2/c1-15(17-10-6-3-7-11-17)20-19(22-20)12-18(13-19)21-14-16-8-4-2-5-9-16/h2-11,15,18H,12-14H2,1H3. The lowest BCUT2D eigenvalue weighted by Gasteiger charge is -2.33. The van der Waals surface area contributed by atoms with Crippen molar-refractivity contribution >= 4 is 0 Å². The highest BCUT2D eigenvalue weighted by atomic mass is 16.9. The van der Waals surface area contributed by atoms with Crippen LogP contribution in [0.15, 0.2) is 60.7 Å². The molecule has 1 heterocycles. The number of nitrogens with zero attached hydrogens (tertiary/aromatic N) is 1. The summed E-state index contributed by atoms with van der Waals surface area (Å²) in [5.41, 5.74) is 2.47. The zero-order valence-electron chi connectivity index (χ0n) is 12.8. The van der Waals surface area contributed by atoms with Crippen molar-refractivity contribution in [1.29, 1.82) is 0 Å². The third-order valence-electron chi connectivity index (χ3n) is 4.69. The zero-order valence-corrected chi connectivity index (χ0v) is 12.8. The van der Waals surface area contributed by atoms with Crippen LogP contribution < -0.4 is 0 Å². The molecule has 2 aromatic rings. The summed E-state index contributed by atoms with van der Waals surface area (Å²) >= 11 is 0. The summed E-state index contributed by atoms with van der Waals surface area (Å²) in [5.74, 6) is 0. The minimum Gasteiger partial charge on any atom is -0.373 e. The summed E-state index contributed by atoms with van der Waals surface area (Å²) < 4.78 is 5.97. The van der Waals surface area contributed by atoms with Crippen molar-refractivity contribution < 1.29 is 9.57 Å². The van der Waals surface area contributed by atoms with Crippen LogP contribution in [0.3, 0.4) is 0 Å². The second-order valence-electron chi connectivity index (χ2n) is 6.28. The van der Waals surface area contributed by atoms with Gasteiger partial charge in [-0.3, -0.25) is 4.84 Å². The minimum absolute atomic E-state index is 0.0589. The van der Waals surface area contributed by atoms with Gasteiger partial charge < -0.3 is 4.74 Å². The summed E-state index contributed by atoms with van der Waals surface area (Å²) in [6, 6.07) is 21.2. The Hall–Kier alpha value is -1.68. The monoisotopic (exact) mass is 295 g/mol. The molecule has 1 aliphatic carbocycles. The predicted molar refractivity (Wildman–Crippen MR) is 84.8 cm³/mol. The van der Waals surface area contributed by atoms with Gasteiger partial charge in [-0.15, -0.1) is 5.06 Å². The molecule has 2 aliphatic rings. The van der Waals surface area contributed by atoms with Crippen LogP contribution in [-0.4, -0.2) is 16.9 Å². The highest BCUT2D eigenvalue weighted by molar-refractivity contribution is 5.20. The Morgan fingerprint density at radius 2 is 1.73 bits per heavy atom. The number of hydroxylamine groups is 2. The van der Waals surface area contributed by atoms with E-state index in [0.717, 1.165) is 12.8 Å². The average molecular weight is 295 g/mol. The third-order valence-corrected chi connectivity index (χ3v) is 4.69. The molecule has 0 N–H and O–H groups in total. The molecule has 0 radical (unpaired) electrons. The van der Waals surface area contributed by atoms with Gasteiger partial charge in [0, 0.05) is 12.8 Å². The second-order valence-corrected chi connectivity index (χ2v) is 6.28. The molecule has 0 aromatic heterocycles. The van der Waals surface area contributed by atoms with Crippen molar-refractivity contribution in [2.24, 2.45) is 0 Å². The summed E-state index contributed by atoms with van der Waals surface area (Å²) in [5, 5.41) is 2.13. The molecule has 1 aliphatic heterocycles. The zero-order chi connectivity index (χ0) is 15.0. The quantitative estimate of drug-likeness (QED) is 0.777. The minimum atomic E-state index is -0.0589. The van der Waals surface area contributed by atoms with E-state index < -0.39 is 0 Å². The largest absolute Gasteiger partial charge is 0.373 e. The first kappa shape index (κ1) is 13.9. The fourth-order valence-corrected chi connectivity index (χ4v) is 3.27. The lowest BCUT2D eigenvalue weighted by atomic mass is 9.86. The van der Waals surface area contributed by atoms with Crippen LogP contribution in [0.25, 0.3) is 0 Å². The van der Waals surface area contributed by atoms with Crippen molar-refractivity contribution in [2.45, 2.75) is 44.2 Å². The maximum absolute atomic E-state index is 5.97. The van der Waals surface area contributed by atoms with E-state index in [4.69, 9.17) is 9.57 Å². The Kier molecular flexibility index (Phi) is 3.49. The van der Waals surface area contributed by atoms with Crippen LogP contribution >= 0.6 is 0 Å². The number of hydrogen-bond acceptors (Lipinski definition) is 3. The highest BCUT2D eigenvalue weighted by Crippen LogP contribution is 2.56. The maximum atomic E-state index is 5.97. The van der Waals surface area contributed by atoms with Crippen molar-refractivity contribution in [3.05, 3.63) is 71.8 Å². The molecule has 114 valence electrons. The summed E-state index contributed by atoms with van der Waals surface area (Å²) in [7, 11) is 0. The Morgan fingerprint density at radius 3 is 2.41 bits per heavy atom. The first-order valence-electron chi connectivity index (χ1n) is 7.96. The summed E-state index contributed by atoms with van der Waals surface area (Å²) in [6.07, 6.45) is 2.25. The smallest absolute Gasteiger partial charge is 0.170 e. The molecule has 2 aromatic carbocycles. The van der Waals surface area contributed by atoms with Gasteiger partial charge in [0.1, 0.15) is 0 Å². The predicted octanol–water partition coefficient (Wildman–Crippen LogP) is 4.07. The Bertz CT molecular complexity index is 622. The van der Waals surface area contributed by atoms with Crippen molar-refractivity contribution in [1.82, 2.24) is 5.06 Å². The van der Waals surface area contributed by atoms with Gasteiger partial charge in [-0.1, -0.05) is 60.7 Å². The molecule has 2 atom stereocenters. The molecule has 2 unspecified atom stereocenters. The maximum Gasteiger partial charge on any atom is 0.170 e. The molecule has 0 bridgehead atoms. The lowest BCUT2D eigenvalue weighted by molar-refractivity contribution is -0.0540. The van der Waals surface area contributed by atoms with E-state index in [-0.39, 0.29) is 5.72 Å². The molecule has 3 nitrogen and oxygen atoms in total. The second kappa shape index (κ2) is 5.51. The first-order chi connectivity index (χ1) is 10.8. The van der Waals surface area contributed by atoms with Crippen molar-refractivity contribution in [2.75, 3.05) is 0 Å². The van der Waals surface area contributed by atoms with E-state index in [1.165, 1.54) is 11.1 Å². The van der Waals surface area contributed by atoms with Crippen molar-refractivity contribution in [3.63, 3.8) is 0 Å². The van der Waals surface area contributed by atoms with Crippen LogP contribution in [0.4, 0.5) is 0 Å². The van der Waals surface area contributed by atoms with E-state index in [1.54, 1.807) is 0 Å².